The van der Waals surface area contributed by atoms with Gasteiger partial charge < -0.3 is 13.5 Å². The summed E-state index contributed by atoms with van der Waals surface area (Å²) in [4.78, 5) is 0. The largest absolute Gasteiger partial charge is 0.309 e. The summed E-state index contributed by atoms with van der Waals surface area (Å²) in [6.07, 6.45) is 0. The van der Waals surface area contributed by atoms with Gasteiger partial charge in [0.1, 0.15) is 0 Å². The van der Waals surface area contributed by atoms with Crippen LogP contribution in [0.25, 0.3) is 115 Å². The Morgan fingerprint density at radius 3 is 1.04 bits per heavy atom. The number of hydrogen-bond donors (Lipinski definition) is 0. The van der Waals surface area contributed by atoms with E-state index in [0.29, 0.717) is 0 Å². The third-order valence-corrected chi connectivity index (χ3v) is 12.3. The summed E-state index contributed by atoms with van der Waals surface area (Å²) in [5, 5.41) is 10.2. The van der Waals surface area contributed by atoms with E-state index in [-0.39, 0.29) is 0 Å². The third kappa shape index (κ3) is 4.26. The second kappa shape index (κ2) is 11.5. The van der Waals surface area contributed by atoms with Crippen molar-refractivity contribution in [1.82, 2.24) is 13.5 Å². The Morgan fingerprint density at radius 2 is 0.561 bits per heavy atom. The molecule has 13 rings (SSSR count). The number of rotatable bonds is 4. The number of benzene rings is 9. The van der Waals surface area contributed by atoms with Crippen molar-refractivity contribution in [2.24, 2.45) is 0 Å². The summed E-state index contributed by atoms with van der Waals surface area (Å²) >= 11 is 0. The van der Waals surface area contributed by atoms with Gasteiger partial charge in [-0.15, -0.1) is 0 Å². The van der Waals surface area contributed by atoms with Gasteiger partial charge in [0.2, 0.25) is 0 Å². The molecule has 0 unspecified atom stereocenters. The fourth-order valence-electron chi connectivity index (χ4n) is 9.86. The van der Waals surface area contributed by atoms with E-state index in [0.717, 1.165) is 5.69 Å². The molecular weight excluding hydrogens is 691 g/mol. The molecule has 13 aromatic rings. The summed E-state index contributed by atoms with van der Waals surface area (Å²) in [6, 6.07) is 73.7. The minimum absolute atomic E-state index is 1.16. The summed E-state index contributed by atoms with van der Waals surface area (Å²) in [6.45, 7) is 0. The smallest absolute Gasteiger partial charge is 0.0620 e. The molecule has 0 atom stereocenters. The lowest BCUT2D eigenvalue weighted by Crippen LogP contribution is -1.93. The molecule has 264 valence electrons. The van der Waals surface area contributed by atoms with Crippen molar-refractivity contribution in [2.75, 3.05) is 0 Å². The van der Waals surface area contributed by atoms with Crippen LogP contribution in [-0.4, -0.2) is 13.5 Å². The van der Waals surface area contributed by atoms with Crippen LogP contribution < -0.4 is 0 Å². The summed E-state index contributed by atoms with van der Waals surface area (Å²) in [7, 11) is 0. The molecule has 0 aliphatic rings. The van der Waals surface area contributed by atoms with Crippen molar-refractivity contribution in [3.63, 3.8) is 0 Å². The fraction of sp³-hybridized carbons (Fsp3) is 0. The Labute approximate surface area is 327 Å². The van der Waals surface area contributed by atoms with Gasteiger partial charge in [-0.3, -0.25) is 0 Å². The molecule has 0 saturated carbocycles. The number of aromatic nitrogens is 3. The molecule has 3 heteroatoms. The van der Waals surface area contributed by atoms with Crippen LogP contribution in [0.1, 0.15) is 0 Å². The van der Waals surface area contributed by atoms with Crippen molar-refractivity contribution in [2.45, 2.75) is 0 Å². The van der Waals surface area contributed by atoms with Crippen molar-refractivity contribution in [3.8, 4) is 33.6 Å². The molecule has 9 aromatic carbocycles. The van der Waals surface area contributed by atoms with Gasteiger partial charge in [-0.05, 0) is 113 Å². The molecule has 4 aromatic heterocycles. The Balaban J connectivity index is 1.05. The highest BCUT2D eigenvalue weighted by Crippen LogP contribution is 2.43. The van der Waals surface area contributed by atoms with Crippen LogP contribution in [0, 0.1) is 0 Å². The number of hydrogen-bond acceptors (Lipinski definition) is 0. The summed E-state index contributed by atoms with van der Waals surface area (Å²) in [5.74, 6) is 0. The van der Waals surface area contributed by atoms with Crippen molar-refractivity contribution in [1.29, 1.82) is 0 Å². The molecule has 0 aliphatic heterocycles. The van der Waals surface area contributed by atoms with Gasteiger partial charge in [-0.2, -0.15) is 0 Å². The van der Waals surface area contributed by atoms with Crippen molar-refractivity contribution >= 4 is 81.7 Å². The third-order valence-electron chi connectivity index (χ3n) is 12.3. The highest BCUT2D eigenvalue weighted by molar-refractivity contribution is 6.24. The van der Waals surface area contributed by atoms with E-state index in [1.165, 1.54) is 110 Å². The molecule has 0 N–H and O–H groups in total. The van der Waals surface area contributed by atoms with Gasteiger partial charge in [-0.25, -0.2) is 0 Å². The topological polar surface area (TPSA) is 14.3 Å². The quantitative estimate of drug-likeness (QED) is 0.172. The van der Waals surface area contributed by atoms with Crippen LogP contribution in [0.3, 0.4) is 0 Å². The monoisotopic (exact) mass is 723 g/mol. The molecule has 0 amide bonds. The molecule has 0 saturated heterocycles. The zero-order chi connectivity index (χ0) is 37.2. The standard InChI is InChI=1S/C54H33N3/c1-3-13-38(14-4-1)55-48-20-10-7-17-40(48)43-29-34(23-26-51(43)55)35-24-27-52-44(30-35)45-31-36(25-28-53(45)56(52)39-15-5-2-6-16-39)37-32-46-41-18-8-11-21-49(41)57-50-22-12-9-19-42(50)47(33-37)54(46)57/h1-33H. The van der Waals surface area contributed by atoms with Crippen LogP contribution in [0.2, 0.25) is 0 Å². The maximum absolute atomic E-state index is 2.45. The summed E-state index contributed by atoms with van der Waals surface area (Å²) in [5.41, 5.74) is 15.8. The predicted molar refractivity (Wildman–Crippen MR) is 241 cm³/mol. The van der Waals surface area contributed by atoms with E-state index in [1.54, 1.807) is 0 Å². The lowest BCUT2D eigenvalue weighted by molar-refractivity contribution is 1.18. The Morgan fingerprint density at radius 1 is 0.228 bits per heavy atom. The van der Waals surface area contributed by atoms with Crippen molar-refractivity contribution in [3.05, 3.63) is 200 Å². The lowest BCUT2D eigenvalue weighted by Gasteiger charge is -2.09. The van der Waals surface area contributed by atoms with E-state index in [2.05, 4.69) is 214 Å². The number of para-hydroxylation sites is 5. The van der Waals surface area contributed by atoms with Crippen LogP contribution >= 0.6 is 0 Å². The van der Waals surface area contributed by atoms with Gasteiger partial charge in [-0.1, -0.05) is 109 Å². The van der Waals surface area contributed by atoms with Gasteiger partial charge in [0, 0.05) is 54.5 Å². The highest BCUT2D eigenvalue weighted by atomic mass is 15.0. The molecule has 4 heterocycles. The first-order chi connectivity index (χ1) is 28.3. The molecule has 0 fully saturated rings. The molecular formula is C54H33N3. The SMILES string of the molecule is c1ccc(-n2c3ccccc3c3cc(-c4ccc5c(c4)c4cc(-c6cc7c8ccccc8n8c9ccccc9c(c6)c78)ccc4n5-c4ccccc4)ccc32)cc1. The van der Waals surface area contributed by atoms with Gasteiger partial charge >= 0.3 is 0 Å². The van der Waals surface area contributed by atoms with Crippen LogP contribution in [0.4, 0.5) is 0 Å². The van der Waals surface area contributed by atoms with Gasteiger partial charge in [0.25, 0.3) is 0 Å². The summed E-state index contributed by atoms with van der Waals surface area (Å²) < 4.78 is 7.25. The van der Waals surface area contributed by atoms with E-state index in [4.69, 9.17) is 0 Å². The molecule has 0 spiro atoms. The van der Waals surface area contributed by atoms with Crippen molar-refractivity contribution < 1.29 is 0 Å². The fourth-order valence-corrected chi connectivity index (χ4v) is 9.86. The van der Waals surface area contributed by atoms with Crippen LogP contribution in [0.5, 0.6) is 0 Å². The molecule has 0 bridgehead atoms. The van der Waals surface area contributed by atoms with E-state index in [1.807, 2.05) is 0 Å². The average Bonchev–Trinajstić information content (AvgIpc) is 4.00. The molecule has 3 nitrogen and oxygen atoms in total. The Hall–Kier alpha value is -7.62. The number of nitrogens with zero attached hydrogens (tertiary/aromatic N) is 3. The zero-order valence-corrected chi connectivity index (χ0v) is 30.9. The minimum Gasteiger partial charge on any atom is -0.309 e. The van der Waals surface area contributed by atoms with E-state index < -0.39 is 0 Å². The molecule has 0 aliphatic carbocycles. The maximum Gasteiger partial charge on any atom is 0.0620 e. The lowest BCUT2D eigenvalue weighted by atomic mass is 9.97. The second-order valence-corrected chi connectivity index (χ2v) is 15.3. The molecule has 57 heavy (non-hydrogen) atoms. The van der Waals surface area contributed by atoms with Crippen LogP contribution in [0.15, 0.2) is 200 Å². The maximum atomic E-state index is 2.45. The first-order valence-corrected chi connectivity index (χ1v) is 19.7. The second-order valence-electron chi connectivity index (χ2n) is 15.3. The zero-order valence-electron chi connectivity index (χ0n) is 30.9. The van der Waals surface area contributed by atoms with Crippen LogP contribution in [-0.2, 0) is 0 Å². The first kappa shape index (κ1) is 30.7. The first-order valence-electron chi connectivity index (χ1n) is 19.7. The van der Waals surface area contributed by atoms with E-state index >= 15 is 0 Å². The Kier molecular flexibility index (Phi) is 6.16. The average molecular weight is 724 g/mol. The van der Waals surface area contributed by atoms with Gasteiger partial charge in [0.05, 0.1) is 38.6 Å². The van der Waals surface area contributed by atoms with E-state index in [9.17, 15) is 0 Å². The van der Waals surface area contributed by atoms with Gasteiger partial charge in [0.15, 0.2) is 0 Å². The number of fused-ring (bicyclic) bond motifs is 12. The molecule has 0 radical (unpaired) electrons. The highest BCUT2D eigenvalue weighted by Gasteiger charge is 2.20. The minimum atomic E-state index is 1.16. The Bertz CT molecular complexity index is 3650. The predicted octanol–water partition coefficient (Wildman–Crippen LogP) is 14.4. The normalized spacial score (nSPS) is 12.2.